The maximum atomic E-state index is 13.4. The average molecular weight is 352 g/mol. The quantitative estimate of drug-likeness (QED) is 0.671. The Labute approximate surface area is 139 Å². The third-order valence-electron chi connectivity index (χ3n) is 3.46. The van der Waals surface area contributed by atoms with E-state index in [-0.39, 0.29) is 17.0 Å². The Hall–Kier alpha value is -3.03. The summed E-state index contributed by atoms with van der Waals surface area (Å²) < 4.78 is 55.5. The molecule has 0 saturated carbocycles. The second kappa shape index (κ2) is 6.84. The summed E-state index contributed by atoms with van der Waals surface area (Å²) in [6, 6.07) is 7.58. The fraction of sp³-hybridized carbons (Fsp3) is 0.118. The molecular formula is C17H12F4N2O2. The zero-order valence-electron chi connectivity index (χ0n) is 12.7. The first-order valence-corrected chi connectivity index (χ1v) is 7.22. The van der Waals surface area contributed by atoms with Crippen LogP contribution in [0.5, 0.6) is 5.75 Å². The van der Waals surface area contributed by atoms with Crippen molar-refractivity contribution in [2.45, 2.75) is 6.43 Å². The van der Waals surface area contributed by atoms with E-state index in [9.17, 15) is 22.4 Å². The minimum absolute atomic E-state index is 0.210. The number of ether oxygens (including phenoxy) is 1. The number of benzene rings is 2. The molecule has 25 heavy (non-hydrogen) atoms. The number of halogens is 4. The van der Waals surface area contributed by atoms with Crippen molar-refractivity contribution in [2.75, 3.05) is 11.9 Å². The molecule has 0 fully saturated rings. The van der Waals surface area contributed by atoms with Crippen molar-refractivity contribution in [1.29, 1.82) is 0 Å². The predicted octanol–water partition coefficient (Wildman–Crippen LogP) is 4.34. The molecule has 1 amide bonds. The lowest BCUT2D eigenvalue weighted by Crippen LogP contribution is -2.12. The van der Waals surface area contributed by atoms with E-state index < -0.39 is 30.6 Å². The molecule has 3 aromatic rings. The fourth-order valence-electron chi connectivity index (χ4n) is 2.28. The van der Waals surface area contributed by atoms with Gasteiger partial charge in [0.05, 0.1) is 11.2 Å². The summed E-state index contributed by atoms with van der Waals surface area (Å²) >= 11 is 0. The fourth-order valence-corrected chi connectivity index (χ4v) is 2.28. The largest absolute Gasteiger partial charge is 0.488 e. The second-order valence-electron chi connectivity index (χ2n) is 5.19. The molecular weight excluding hydrogens is 340 g/mol. The minimum atomic E-state index is -2.59. The molecule has 0 aliphatic heterocycles. The van der Waals surface area contributed by atoms with Gasteiger partial charge in [0, 0.05) is 23.2 Å². The van der Waals surface area contributed by atoms with Crippen LogP contribution < -0.4 is 10.1 Å². The van der Waals surface area contributed by atoms with Crippen molar-refractivity contribution in [1.82, 2.24) is 4.98 Å². The summed E-state index contributed by atoms with van der Waals surface area (Å²) in [6.45, 7) is -0.733. The topological polar surface area (TPSA) is 54.1 Å². The number of hydrogen-bond donors (Lipinski definition) is 2. The summed E-state index contributed by atoms with van der Waals surface area (Å²) in [4.78, 5) is 15.0. The molecule has 0 atom stereocenters. The zero-order chi connectivity index (χ0) is 18.0. The molecule has 3 rings (SSSR count). The van der Waals surface area contributed by atoms with E-state index in [4.69, 9.17) is 4.74 Å². The van der Waals surface area contributed by atoms with Gasteiger partial charge >= 0.3 is 0 Å². The zero-order valence-corrected chi connectivity index (χ0v) is 12.7. The van der Waals surface area contributed by atoms with Gasteiger partial charge in [-0.15, -0.1) is 0 Å². The van der Waals surface area contributed by atoms with Crippen molar-refractivity contribution in [3.63, 3.8) is 0 Å². The van der Waals surface area contributed by atoms with Gasteiger partial charge in [-0.3, -0.25) is 4.79 Å². The number of aromatic nitrogens is 1. The molecule has 2 N–H and O–H groups in total. The van der Waals surface area contributed by atoms with E-state index in [1.54, 1.807) is 0 Å². The van der Waals surface area contributed by atoms with Gasteiger partial charge in [0.15, 0.2) is 11.6 Å². The Morgan fingerprint density at radius 1 is 1.12 bits per heavy atom. The Morgan fingerprint density at radius 3 is 2.48 bits per heavy atom. The predicted molar refractivity (Wildman–Crippen MR) is 84.1 cm³/mol. The third kappa shape index (κ3) is 3.73. The number of fused-ring (bicyclic) bond motifs is 1. The maximum absolute atomic E-state index is 13.4. The molecule has 1 aromatic heterocycles. The van der Waals surface area contributed by atoms with Crippen LogP contribution in [0.1, 0.15) is 10.4 Å². The average Bonchev–Trinajstić information content (AvgIpc) is 2.95. The summed E-state index contributed by atoms with van der Waals surface area (Å²) in [7, 11) is 0. The van der Waals surface area contributed by atoms with E-state index in [0.717, 1.165) is 12.1 Å². The lowest BCUT2D eigenvalue weighted by molar-refractivity contribution is 0.0818. The highest BCUT2D eigenvalue weighted by atomic mass is 19.3. The van der Waals surface area contributed by atoms with Crippen LogP contribution >= 0.6 is 0 Å². The summed E-state index contributed by atoms with van der Waals surface area (Å²) in [6.07, 6.45) is -1.17. The minimum Gasteiger partial charge on any atom is -0.488 e. The van der Waals surface area contributed by atoms with Crippen molar-refractivity contribution in [2.24, 2.45) is 0 Å². The van der Waals surface area contributed by atoms with Crippen LogP contribution in [0.2, 0.25) is 0 Å². The Balaban J connectivity index is 1.75. The maximum Gasteiger partial charge on any atom is 0.272 e. The van der Waals surface area contributed by atoms with Crippen LogP contribution in [0.3, 0.4) is 0 Å². The molecule has 0 aliphatic rings. The molecule has 0 saturated heterocycles. The number of rotatable bonds is 5. The number of carbonyl (C=O) groups excluding carboxylic acids is 1. The number of hydrogen-bond acceptors (Lipinski definition) is 2. The molecule has 0 unspecified atom stereocenters. The van der Waals surface area contributed by atoms with Gasteiger partial charge in [-0.05, 0) is 30.3 Å². The van der Waals surface area contributed by atoms with Crippen molar-refractivity contribution in [3.05, 3.63) is 59.8 Å². The molecule has 8 heteroatoms. The molecule has 2 aromatic carbocycles. The first-order chi connectivity index (χ1) is 11.9. The van der Waals surface area contributed by atoms with E-state index in [0.29, 0.717) is 10.9 Å². The molecule has 0 radical (unpaired) electrons. The van der Waals surface area contributed by atoms with Gasteiger partial charge in [0.25, 0.3) is 12.3 Å². The van der Waals surface area contributed by atoms with E-state index >= 15 is 0 Å². The number of H-pyrrole nitrogens is 1. The SMILES string of the molecule is O=C(Nc1c[nH]c2cc(F)c(F)cc12)c1ccc(OCC(F)F)cc1. The second-order valence-corrected chi connectivity index (χ2v) is 5.19. The highest BCUT2D eigenvalue weighted by Gasteiger charge is 2.13. The smallest absolute Gasteiger partial charge is 0.272 e. The molecule has 1 heterocycles. The number of alkyl halides is 2. The summed E-state index contributed by atoms with van der Waals surface area (Å²) in [5, 5.41) is 2.90. The van der Waals surface area contributed by atoms with Crippen LogP contribution in [-0.4, -0.2) is 23.9 Å². The summed E-state index contributed by atoms with van der Waals surface area (Å²) in [5.41, 5.74) is 0.878. The highest BCUT2D eigenvalue weighted by molar-refractivity contribution is 6.09. The highest BCUT2D eigenvalue weighted by Crippen LogP contribution is 2.26. The molecule has 4 nitrogen and oxygen atoms in total. The lowest BCUT2D eigenvalue weighted by Gasteiger charge is -2.07. The summed E-state index contributed by atoms with van der Waals surface area (Å²) in [5.74, 6) is -2.30. The lowest BCUT2D eigenvalue weighted by atomic mass is 10.2. The number of carbonyl (C=O) groups is 1. The van der Waals surface area contributed by atoms with Crippen LogP contribution in [0.4, 0.5) is 23.2 Å². The Kier molecular flexibility index (Phi) is 4.60. The van der Waals surface area contributed by atoms with Crippen molar-refractivity contribution < 1.29 is 27.1 Å². The van der Waals surface area contributed by atoms with Crippen molar-refractivity contribution >= 4 is 22.5 Å². The van der Waals surface area contributed by atoms with Crippen LogP contribution in [0.25, 0.3) is 10.9 Å². The van der Waals surface area contributed by atoms with Gasteiger partial charge in [-0.25, -0.2) is 17.6 Å². The van der Waals surface area contributed by atoms with E-state index in [1.807, 2.05) is 0 Å². The third-order valence-corrected chi connectivity index (χ3v) is 3.46. The van der Waals surface area contributed by atoms with Gasteiger partial charge < -0.3 is 15.0 Å². The standard InChI is InChI=1S/C17H12F4N2O2/c18-12-5-11-14(6-13(12)19)22-7-15(11)23-17(24)9-1-3-10(4-2-9)25-8-16(20)21/h1-7,16,22H,8H2,(H,23,24). The Morgan fingerprint density at radius 2 is 1.80 bits per heavy atom. The number of aromatic amines is 1. The monoisotopic (exact) mass is 352 g/mol. The molecule has 0 aliphatic carbocycles. The number of amides is 1. The van der Waals surface area contributed by atoms with Crippen LogP contribution in [0, 0.1) is 11.6 Å². The number of anilines is 1. The normalized spacial score (nSPS) is 11.1. The first kappa shape index (κ1) is 16.8. The van der Waals surface area contributed by atoms with E-state index in [2.05, 4.69) is 10.3 Å². The number of nitrogens with one attached hydrogen (secondary N) is 2. The first-order valence-electron chi connectivity index (χ1n) is 7.22. The van der Waals surface area contributed by atoms with E-state index in [1.165, 1.54) is 30.5 Å². The molecule has 0 bridgehead atoms. The van der Waals surface area contributed by atoms with Crippen LogP contribution in [0.15, 0.2) is 42.6 Å². The molecule has 0 spiro atoms. The molecule has 130 valence electrons. The van der Waals surface area contributed by atoms with Crippen molar-refractivity contribution in [3.8, 4) is 5.75 Å². The van der Waals surface area contributed by atoms with Gasteiger partial charge in [-0.1, -0.05) is 0 Å². The Bertz CT molecular complexity index is 907. The van der Waals surface area contributed by atoms with Crippen LogP contribution in [-0.2, 0) is 0 Å². The van der Waals surface area contributed by atoms with Gasteiger partial charge in [-0.2, -0.15) is 0 Å². The van der Waals surface area contributed by atoms with Gasteiger partial charge in [0.1, 0.15) is 12.4 Å². The van der Waals surface area contributed by atoms with Gasteiger partial charge in [0.2, 0.25) is 0 Å².